The van der Waals surface area contributed by atoms with E-state index in [9.17, 15) is 4.39 Å². The third kappa shape index (κ3) is 3.52. The average molecular weight is 290 g/mol. The van der Waals surface area contributed by atoms with E-state index in [1.807, 2.05) is 0 Å². The van der Waals surface area contributed by atoms with Gasteiger partial charge >= 0.3 is 0 Å². The fourth-order valence-corrected chi connectivity index (χ4v) is 3.08. The van der Waals surface area contributed by atoms with Gasteiger partial charge in [-0.2, -0.15) is 0 Å². The van der Waals surface area contributed by atoms with Crippen molar-refractivity contribution < 1.29 is 4.39 Å². The van der Waals surface area contributed by atoms with Gasteiger partial charge in [0.05, 0.1) is 15.7 Å². The van der Waals surface area contributed by atoms with E-state index < -0.39 is 5.82 Å². The zero-order valence-corrected chi connectivity index (χ0v) is 12.0. The minimum atomic E-state index is -0.401. The van der Waals surface area contributed by atoms with Gasteiger partial charge in [-0.15, -0.1) is 0 Å². The van der Waals surface area contributed by atoms with Crippen LogP contribution in [0.25, 0.3) is 0 Å². The van der Waals surface area contributed by atoms with Crippen LogP contribution in [0.5, 0.6) is 0 Å². The fraction of sp³-hybridized carbons (Fsp3) is 0.571. The molecule has 4 heteroatoms. The van der Waals surface area contributed by atoms with Gasteiger partial charge < -0.3 is 5.32 Å². The molecule has 1 N–H and O–H groups in total. The molecule has 1 aliphatic rings. The molecule has 2 rings (SSSR count). The second kappa shape index (κ2) is 6.12. The molecular formula is C14H18Cl2FN. The van der Waals surface area contributed by atoms with Crippen LogP contribution in [0.2, 0.25) is 10.0 Å². The van der Waals surface area contributed by atoms with Gasteiger partial charge in [-0.05, 0) is 36.8 Å². The highest BCUT2D eigenvalue weighted by Gasteiger charge is 2.18. The summed E-state index contributed by atoms with van der Waals surface area (Å²) >= 11 is 12.0. The Labute approximate surface area is 118 Å². The molecule has 0 saturated heterocycles. The van der Waals surface area contributed by atoms with Gasteiger partial charge in [-0.25, -0.2) is 4.39 Å². The summed E-state index contributed by atoms with van der Waals surface area (Å²) in [6.07, 6.45) is 5.06. The van der Waals surface area contributed by atoms with E-state index in [1.54, 1.807) is 0 Å². The van der Waals surface area contributed by atoms with Crippen molar-refractivity contribution in [3.8, 4) is 0 Å². The van der Waals surface area contributed by atoms with Crippen LogP contribution in [0.15, 0.2) is 12.1 Å². The molecule has 0 bridgehead atoms. The molecule has 0 heterocycles. The van der Waals surface area contributed by atoms with Crippen LogP contribution in [-0.2, 0) is 0 Å². The van der Waals surface area contributed by atoms with Crippen molar-refractivity contribution in [2.75, 3.05) is 11.9 Å². The summed E-state index contributed by atoms with van der Waals surface area (Å²) in [5.41, 5.74) is 0.651. The maximum atomic E-state index is 13.0. The van der Waals surface area contributed by atoms with Gasteiger partial charge in [-0.3, -0.25) is 0 Å². The van der Waals surface area contributed by atoms with Crippen LogP contribution in [-0.4, -0.2) is 6.54 Å². The number of hydrogen-bond donors (Lipinski definition) is 1. The number of hydrogen-bond acceptors (Lipinski definition) is 1. The fourth-order valence-electron chi connectivity index (χ4n) is 2.49. The Kier molecular flexibility index (Phi) is 4.74. The quantitative estimate of drug-likeness (QED) is 0.789. The summed E-state index contributed by atoms with van der Waals surface area (Å²) < 4.78 is 13.0. The number of anilines is 1. The predicted octanol–water partition coefficient (Wildman–Crippen LogP) is 5.37. The molecule has 1 aromatic carbocycles. The van der Waals surface area contributed by atoms with Crippen LogP contribution < -0.4 is 5.32 Å². The summed E-state index contributed by atoms with van der Waals surface area (Å²) in [4.78, 5) is 0. The molecule has 0 unspecified atom stereocenters. The average Bonchev–Trinajstić information content (AvgIpc) is 2.30. The molecule has 0 radical (unpaired) electrons. The van der Waals surface area contributed by atoms with Crippen molar-refractivity contribution in [1.82, 2.24) is 0 Å². The molecule has 0 atom stereocenters. The van der Waals surface area contributed by atoms with Crippen LogP contribution >= 0.6 is 23.2 Å². The number of halogens is 3. The Morgan fingerprint density at radius 2 is 1.72 bits per heavy atom. The van der Waals surface area contributed by atoms with Gasteiger partial charge in [0.1, 0.15) is 5.82 Å². The first kappa shape index (κ1) is 14.0. The Balaban J connectivity index is 1.94. The van der Waals surface area contributed by atoms with E-state index in [2.05, 4.69) is 12.2 Å². The summed E-state index contributed by atoms with van der Waals surface area (Å²) in [5.74, 6) is 1.11. The Bertz CT molecular complexity index is 391. The van der Waals surface area contributed by atoms with Crippen molar-refractivity contribution in [2.45, 2.75) is 32.6 Å². The number of benzene rings is 1. The van der Waals surface area contributed by atoms with Crippen LogP contribution in [0.4, 0.5) is 10.1 Å². The molecule has 0 spiro atoms. The first-order valence-corrected chi connectivity index (χ1v) is 7.20. The topological polar surface area (TPSA) is 12.0 Å². The SMILES string of the molecule is CC1CCC(CNc2c(Cl)cc(F)cc2Cl)CC1. The van der Waals surface area contributed by atoms with Crippen LogP contribution in [0.3, 0.4) is 0 Å². The second-order valence-corrected chi connectivity index (χ2v) is 6.07. The summed E-state index contributed by atoms with van der Waals surface area (Å²) in [5, 5.41) is 3.96. The van der Waals surface area contributed by atoms with Gasteiger partial charge in [-0.1, -0.05) is 43.0 Å². The van der Waals surface area contributed by atoms with Crippen molar-refractivity contribution in [3.63, 3.8) is 0 Å². The highest BCUT2D eigenvalue weighted by Crippen LogP contribution is 2.33. The van der Waals surface area contributed by atoms with Crippen molar-refractivity contribution in [1.29, 1.82) is 0 Å². The monoisotopic (exact) mass is 289 g/mol. The van der Waals surface area contributed by atoms with Crippen molar-refractivity contribution in [3.05, 3.63) is 28.0 Å². The smallest absolute Gasteiger partial charge is 0.126 e. The second-order valence-electron chi connectivity index (χ2n) is 5.25. The molecule has 0 aliphatic heterocycles. The molecule has 1 nitrogen and oxygen atoms in total. The largest absolute Gasteiger partial charge is 0.382 e. The Morgan fingerprint density at radius 3 is 2.28 bits per heavy atom. The summed E-state index contributed by atoms with van der Waals surface area (Å²) in [6.45, 7) is 3.16. The predicted molar refractivity (Wildman–Crippen MR) is 76.0 cm³/mol. The first-order valence-electron chi connectivity index (χ1n) is 6.44. The van der Waals surface area contributed by atoms with Gasteiger partial charge in [0.25, 0.3) is 0 Å². The van der Waals surface area contributed by atoms with Gasteiger partial charge in [0.15, 0.2) is 0 Å². The van der Waals surface area contributed by atoms with E-state index in [-0.39, 0.29) is 0 Å². The normalized spacial score (nSPS) is 24.0. The first-order chi connectivity index (χ1) is 8.56. The highest BCUT2D eigenvalue weighted by molar-refractivity contribution is 6.39. The molecule has 18 heavy (non-hydrogen) atoms. The summed E-state index contributed by atoms with van der Waals surface area (Å²) in [6, 6.07) is 2.58. The van der Waals surface area contributed by atoms with Crippen molar-refractivity contribution in [2.24, 2.45) is 11.8 Å². The number of nitrogens with one attached hydrogen (secondary N) is 1. The molecule has 1 saturated carbocycles. The lowest BCUT2D eigenvalue weighted by molar-refractivity contribution is 0.300. The Morgan fingerprint density at radius 1 is 1.17 bits per heavy atom. The molecule has 1 fully saturated rings. The van der Waals surface area contributed by atoms with Gasteiger partial charge in [0, 0.05) is 6.54 Å². The maximum Gasteiger partial charge on any atom is 0.126 e. The van der Waals surface area contributed by atoms with Crippen LogP contribution in [0.1, 0.15) is 32.6 Å². The molecule has 0 aromatic heterocycles. The van der Waals surface area contributed by atoms with E-state index in [4.69, 9.17) is 23.2 Å². The van der Waals surface area contributed by atoms with Gasteiger partial charge in [0.2, 0.25) is 0 Å². The maximum absolute atomic E-state index is 13.0. The highest BCUT2D eigenvalue weighted by atomic mass is 35.5. The molecule has 1 aliphatic carbocycles. The Hall–Kier alpha value is -0.470. The van der Waals surface area contributed by atoms with E-state index in [1.165, 1.54) is 37.8 Å². The third-order valence-corrected chi connectivity index (χ3v) is 4.31. The van der Waals surface area contributed by atoms with E-state index >= 15 is 0 Å². The van der Waals surface area contributed by atoms with E-state index in [0.717, 1.165) is 12.5 Å². The lowest BCUT2D eigenvalue weighted by Gasteiger charge is -2.26. The minimum absolute atomic E-state index is 0.351. The van der Waals surface area contributed by atoms with Crippen molar-refractivity contribution >= 4 is 28.9 Å². The zero-order valence-electron chi connectivity index (χ0n) is 10.5. The number of rotatable bonds is 3. The third-order valence-electron chi connectivity index (χ3n) is 3.71. The lowest BCUT2D eigenvalue weighted by atomic mass is 9.83. The minimum Gasteiger partial charge on any atom is -0.382 e. The zero-order chi connectivity index (χ0) is 13.1. The standard InChI is InChI=1S/C14H18Cl2FN/c1-9-2-4-10(5-3-9)8-18-14-12(15)6-11(17)7-13(14)16/h6-7,9-10,18H,2-5,8H2,1H3. The molecule has 0 amide bonds. The van der Waals surface area contributed by atoms with Crippen LogP contribution in [0, 0.1) is 17.7 Å². The summed E-state index contributed by atoms with van der Waals surface area (Å²) in [7, 11) is 0. The lowest BCUT2D eigenvalue weighted by Crippen LogP contribution is -2.20. The molecule has 1 aromatic rings. The molecular weight excluding hydrogens is 272 g/mol. The van der Waals surface area contributed by atoms with E-state index in [0.29, 0.717) is 21.7 Å². The molecule has 100 valence electrons.